The highest BCUT2D eigenvalue weighted by Gasteiger charge is 2.19. The summed E-state index contributed by atoms with van der Waals surface area (Å²) in [5, 5.41) is 4.60. The van der Waals surface area contributed by atoms with Gasteiger partial charge in [0.1, 0.15) is 12.6 Å². The summed E-state index contributed by atoms with van der Waals surface area (Å²) in [7, 11) is 0. The molecular formula is C11H15N2S+. The first-order valence-electron chi connectivity index (χ1n) is 4.88. The minimum absolute atomic E-state index is 0.563. The van der Waals surface area contributed by atoms with Crippen LogP contribution in [-0.4, -0.2) is 17.8 Å². The van der Waals surface area contributed by atoms with Crippen LogP contribution < -0.4 is 10.3 Å². The first-order valence-corrected chi connectivity index (χ1v) is 5.87. The van der Waals surface area contributed by atoms with Gasteiger partial charge < -0.3 is 0 Å². The van der Waals surface area contributed by atoms with Crippen LogP contribution in [0.25, 0.3) is 0 Å². The molecule has 3 heteroatoms. The van der Waals surface area contributed by atoms with E-state index in [4.69, 9.17) is 0 Å². The maximum Gasteiger partial charge on any atom is 0.304 e. The van der Waals surface area contributed by atoms with Crippen LogP contribution in [0, 0.1) is 0 Å². The van der Waals surface area contributed by atoms with Gasteiger partial charge in [-0.05, 0) is 24.2 Å². The Morgan fingerprint density at radius 2 is 2.21 bits per heavy atom. The number of hydrogen-bond donors (Lipinski definition) is 2. The molecule has 0 aliphatic carbocycles. The van der Waals surface area contributed by atoms with E-state index in [0.717, 1.165) is 12.3 Å². The van der Waals surface area contributed by atoms with Gasteiger partial charge in [0.2, 0.25) is 0 Å². The van der Waals surface area contributed by atoms with Crippen molar-refractivity contribution in [2.24, 2.45) is 0 Å². The van der Waals surface area contributed by atoms with Gasteiger partial charge in [0.15, 0.2) is 0 Å². The predicted molar refractivity (Wildman–Crippen MR) is 61.2 cm³/mol. The second-order valence-corrected chi connectivity index (χ2v) is 4.52. The molecule has 2 N–H and O–H groups in total. The van der Waals surface area contributed by atoms with Gasteiger partial charge in [0, 0.05) is 5.75 Å². The first kappa shape index (κ1) is 9.59. The molecule has 0 bridgehead atoms. The Balaban J connectivity index is 1.84. The van der Waals surface area contributed by atoms with E-state index in [1.54, 1.807) is 0 Å². The predicted octanol–water partition coefficient (Wildman–Crippen LogP) is 0.348. The third kappa shape index (κ3) is 2.51. The molecule has 2 nitrogen and oxygen atoms in total. The number of benzene rings is 1. The fraction of sp³-hybridized carbons (Fsp3) is 0.364. The van der Waals surface area contributed by atoms with Gasteiger partial charge in [-0.2, -0.15) is 0 Å². The zero-order valence-corrected chi connectivity index (χ0v) is 9.10. The normalized spacial score (nSPS) is 20.4. The van der Waals surface area contributed by atoms with Gasteiger partial charge in [0.25, 0.3) is 0 Å². The molecule has 1 heterocycles. The summed E-state index contributed by atoms with van der Waals surface area (Å²) in [5.41, 5.74) is 1.37. The summed E-state index contributed by atoms with van der Waals surface area (Å²) in [6, 6.07) is 11.1. The lowest BCUT2D eigenvalue weighted by molar-refractivity contribution is -0.445. The standard InChI is InChI=1S/C11H14N2S/c1-9-7-12-11(13-9)14-8-10-5-3-2-4-6-10/h2-6,9H,7-8H2,1H3,(H,12,13)/p+1. The highest BCUT2D eigenvalue weighted by Crippen LogP contribution is 2.11. The summed E-state index contributed by atoms with van der Waals surface area (Å²) in [6.45, 7) is 3.22. The SMILES string of the molecule is CC1C[NH+]=C(SCc2ccccc2)N1. The summed E-state index contributed by atoms with van der Waals surface area (Å²) in [6.07, 6.45) is 0. The molecule has 0 spiro atoms. The molecule has 1 aromatic rings. The lowest BCUT2D eigenvalue weighted by atomic mass is 10.2. The number of amidine groups is 1. The Labute approximate surface area is 88.8 Å². The molecule has 2 rings (SSSR count). The highest BCUT2D eigenvalue weighted by molar-refractivity contribution is 8.12. The van der Waals surface area contributed by atoms with Crippen molar-refractivity contribution in [3.05, 3.63) is 35.9 Å². The van der Waals surface area contributed by atoms with Crippen molar-refractivity contribution in [2.75, 3.05) is 6.54 Å². The molecule has 1 aromatic carbocycles. The molecule has 0 aromatic heterocycles. The van der Waals surface area contributed by atoms with E-state index in [2.05, 4.69) is 47.6 Å². The van der Waals surface area contributed by atoms with Crippen molar-refractivity contribution in [1.29, 1.82) is 0 Å². The van der Waals surface area contributed by atoms with E-state index >= 15 is 0 Å². The largest absolute Gasteiger partial charge is 0.304 e. The Morgan fingerprint density at radius 1 is 1.43 bits per heavy atom. The van der Waals surface area contributed by atoms with Gasteiger partial charge in [0.05, 0.1) is 0 Å². The number of rotatable bonds is 2. The Hall–Kier alpha value is -0.960. The van der Waals surface area contributed by atoms with Gasteiger partial charge in [-0.15, -0.1) is 0 Å². The van der Waals surface area contributed by atoms with Gasteiger partial charge in [-0.25, -0.2) is 0 Å². The molecule has 1 atom stereocenters. The molecule has 0 saturated heterocycles. The maximum atomic E-state index is 3.39. The van der Waals surface area contributed by atoms with Crippen molar-refractivity contribution < 1.29 is 4.99 Å². The van der Waals surface area contributed by atoms with Crippen molar-refractivity contribution in [1.82, 2.24) is 5.32 Å². The van der Waals surface area contributed by atoms with Crippen molar-refractivity contribution in [2.45, 2.75) is 18.7 Å². The van der Waals surface area contributed by atoms with Crippen LogP contribution in [0.1, 0.15) is 12.5 Å². The Bertz CT molecular complexity index is 321. The molecule has 74 valence electrons. The topological polar surface area (TPSA) is 26.0 Å². The molecule has 1 aliphatic heterocycles. The Morgan fingerprint density at radius 3 is 2.86 bits per heavy atom. The van der Waals surface area contributed by atoms with Crippen molar-refractivity contribution in [3.63, 3.8) is 0 Å². The van der Waals surface area contributed by atoms with E-state index in [1.165, 1.54) is 10.7 Å². The van der Waals surface area contributed by atoms with Gasteiger partial charge in [-0.3, -0.25) is 10.3 Å². The van der Waals surface area contributed by atoms with Crippen LogP contribution in [0.3, 0.4) is 0 Å². The Kier molecular flexibility index (Phi) is 3.09. The molecule has 0 amide bonds. The van der Waals surface area contributed by atoms with Crippen molar-refractivity contribution in [3.8, 4) is 0 Å². The fourth-order valence-electron chi connectivity index (χ4n) is 1.39. The summed E-state index contributed by atoms with van der Waals surface area (Å²) < 4.78 is 0. The number of thioether (sulfide) groups is 1. The van der Waals surface area contributed by atoms with E-state index in [1.807, 2.05) is 11.8 Å². The molecule has 0 saturated carbocycles. The zero-order valence-electron chi connectivity index (χ0n) is 8.29. The number of nitrogens with one attached hydrogen (secondary N) is 2. The minimum Gasteiger partial charge on any atom is -0.265 e. The van der Waals surface area contributed by atoms with E-state index in [0.29, 0.717) is 6.04 Å². The van der Waals surface area contributed by atoms with Gasteiger partial charge >= 0.3 is 5.17 Å². The first-order chi connectivity index (χ1) is 6.84. The third-order valence-corrected chi connectivity index (χ3v) is 3.20. The fourth-order valence-corrected chi connectivity index (χ4v) is 2.37. The minimum atomic E-state index is 0.563. The average molecular weight is 207 g/mol. The van der Waals surface area contributed by atoms with Crippen molar-refractivity contribution >= 4 is 16.9 Å². The molecule has 1 aliphatic rings. The summed E-state index contributed by atoms with van der Waals surface area (Å²) in [4.78, 5) is 3.35. The molecule has 0 fully saturated rings. The zero-order chi connectivity index (χ0) is 9.80. The molecular weight excluding hydrogens is 192 g/mol. The van der Waals surface area contributed by atoms with Crippen LogP contribution in [0.15, 0.2) is 30.3 Å². The monoisotopic (exact) mass is 207 g/mol. The quantitative estimate of drug-likeness (QED) is 0.732. The van der Waals surface area contributed by atoms with Gasteiger partial charge in [-0.1, -0.05) is 30.3 Å². The smallest absolute Gasteiger partial charge is 0.265 e. The van der Waals surface area contributed by atoms with E-state index in [9.17, 15) is 0 Å². The number of hydrogen-bond acceptors (Lipinski definition) is 2. The molecule has 14 heavy (non-hydrogen) atoms. The lowest BCUT2D eigenvalue weighted by Gasteiger charge is -1.98. The second-order valence-electron chi connectivity index (χ2n) is 3.53. The summed E-state index contributed by atoms with van der Waals surface area (Å²) in [5.74, 6) is 1.03. The van der Waals surface area contributed by atoms with Crippen LogP contribution >= 0.6 is 11.8 Å². The third-order valence-electron chi connectivity index (χ3n) is 2.17. The second kappa shape index (κ2) is 4.51. The van der Waals surface area contributed by atoms with Crippen LogP contribution in [0.2, 0.25) is 0 Å². The van der Waals surface area contributed by atoms with Crippen LogP contribution in [0.4, 0.5) is 0 Å². The van der Waals surface area contributed by atoms with E-state index in [-0.39, 0.29) is 0 Å². The summed E-state index contributed by atoms with van der Waals surface area (Å²) >= 11 is 1.84. The highest BCUT2D eigenvalue weighted by atomic mass is 32.2. The van der Waals surface area contributed by atoms with Crippen LogP contribution in [-0.2, 0) is 5.75 Å². The molecule has 0 radical (unpaired) electrons. The lowest BCUT2D eigenvalue weighted by Crippen LogP contribution is -2.70. The molecule has 1 unspecified atom stereocenters. The van der Waals surface area contributed by atoms with Crippen LogP contribution in [0.5, 0.6) is 0 Å². The maximum absolute atomic E-state index is 3.39. The van der Waals surface area contributed by atoms with E-state index < -0.39 is 0 Å². The average Bonchev–Trinajstić information content (AvgIpc) is 2.63.